The lowest BCUT2D eigenvalue weighted by Gasteiger charge is -2.08. The van der Waals surface area contributed by atoms with Gasteiger partial charge in [-0.05, 0) is 6.42 Å². The van der Waals surface area contributed by atoms with E-state index in [4.69, 9.17) is 0 Å². The molecular weight excluding hydrogens is 122 g/mol. The van der Waals surface area contributed by atoms with Crippen LogP contribution in [0.1, 0.15) is 6.42 Å². The zero-order chi connectivity index (χ0) is 5.56. The van der Waals surface area contributed by atoms with Gasteiger partial charge in [-0.3, -0.25) is 4.21 Å². The summed E-state index contributed by atoms with van der Waals surface area (Å²) >= 11 is 0. The third-order valence-corrected chi connectivity index (χ3v) is 3.75. The van der Waals surface area contributed by atoms with Gasteiger partial charge in [-0.1, -0.05) is 0 Å². The summed E-state index contributed by atoms with van der Waals surface area (Å²) in [5.41, 5.74) is 0. The maximum absolute atomic E-state index is 10.9. The van der Waals surface area contributed by atoms with Gasteiger partial charge in [0.15, 0.2) is 0 Å². The van der Waals surface area contributed by atoms with Crippen molar-refractivity contribution in [1.29, 1.82) is 0 Å². The van der Waals surface area contributed by atoms with Gasteiger partial charge in [-0.15, -0.1) is 0 Å². The maximum atomic E-state index is 10.9. The summed E-state index contributed by atoms with van der Waals surface area (Å²) in [7, 11) is -0.473. The summed E-state index contributed by atoms with van der Waals surface area (Å²) in [5, 5.41) is 3.79. The van der Waals surface area contributed by atoms with Crippen LogP contribution in [0.4, 0.5) is 0 Å². The molecule has 3 atom stereocenters. The quantitative estimate of drug-likeness (QED) is 0.479. The molecular formula is C5H9NOS. The second kappa shape index (κ2) is 1.54. The minimum absolute atomic E-state index is 0.473. The number of fused-ring (bicyclic) bond motifs is 2. The van der Waals surface area contributed by atoms with Crippen molar-refractivity contribution < 1.29 is 4.21 Å². The molecule has 46 valence electrons. The molecule has 0 unspecified atom stereocenters. The van der Waals surface area contributed by atoms with Gasteiger partial charge in [-0.25, -0.2) is 0 Å². The minimum Gasteiger partial charge on any atom is -0.312 e. The molecule has 2 saturated heterocycles. The summed E-state index contributed by atoms with van der Waals surface area (Å²) in [5.74, 6) is 0.907. The Kier molecular flexibility index (Phi) is 0.954. The molecule has 0 aromatic carbocycles. The fourth-order valence-corrected chi connectivity index (χ4v) is 3.10. The Labute approximate surface area is 51.1 Å². The molecule has 0 aromatic rings. The topological polar surface area (TPSA) is 29.1 Å². The average Bonchev–Trinajstić information content (AvgIpc) is 2.23. The van der Waals surface area contributed by atoms with Crippen LogP contribution in [0.25, 0.3) is 0 Å². The van der Waals surface area contributed by atoms with Gasteiger partial charge in [0.25, 0.3) is 0 Å². The molecule has 2 aliphatic heterocycles. The smallest absolute Gasteiger partial charge is 0.0488 e. The molecule has 0 radical (unpaired) electrons. The standard InChI is InChI=1S/C5H9NOS/c7-8-3-4-1-5(8)2-6-4/h4-6H,1-3H2/t4-,5+,8+/m1/s1. The minimum atomic E-state index is -0.473. The van der Waals surface area contributed by atoms with E-state index < -0.39 is 10.8 Å². The fourth-order valence-electron chi connectivity index (χ4n) is 1.44. The van der Waals surface area contributed by atoms with Crippen LogP contribution in [0, 0.1) is 0 Å². The first-order valence-electron chi connectivity index (χ1n) is 2.97. The number of nitrogens with one attached hydrogen (secondary N) is 1. The van der Waals surface area contributed by atoms with Gasteiger partial charge >= 0.3 is 0 Å². The highest BCUT2D eigenvalue weighted by atomic mass is 32.2. The second-order valence-corrected chi connectivity index (χ2v) is 4.27. The predicted octanol–water partition coefficient (Wildman–Crippen LogP) is -0.521. The largest absolute Gasteiger partial charge is 0.312 e. The van der Waals surface area contributed by atoms with E-state index >= 15 is 0 Å². The van der Waals surface area contributed by atoms with Crippen LogP contribution in [0.15, 0.2) is 0 Å². The lowest BCUT2D eigenvalue weighted by Crippen LogP contribution is -2.32. The maximum Gasteiger partial charge on any atom is 0.0488 e. The van der Waals surface area contributed by atoms with Crippen LogP contribution in [0.2, 0.25) is 0 Å². The Hall–Kier alpha value is 0.110. The molecule has 2 aliphatic rings. The van der Waals surface area contributed by atoms with Crippen molar-refractivity contribution in [1.82, 2.24) is 5.32 Å². The van der Waals surface area contributed by atoms with Crippen molar-refractivity contribution in [3.8, 4) is 0 Å². The molecule has 0 aliphatic carbocycles. The van der Waals surface area contributed by atoms with Crippen LogP contribution in [-0.2, 0) is 10.8 Å². The molecule has 3 heteroatoms. The van der Waals surface area contributed by atoms with Gasteiger partial charge in [0.05, 0.1) is 0 Å². The molecule has 2 heterocycles. The number of hydrogen-bond donors (Lipinski definition) is 1. The van der Waals surface area contributed by atoms with Crippen LogP contribution >= 0.6 is 0 Å². The van der Waals surface area contributed by atoms with E-state index in [-0.39, 0.29) is 0 Å². The van der Waals surface area contributed by atoms with Crippen molar-refractivity contribution in [3.63, 3.8) is 0 Å². The van der Waals surface area contributed by atoms with Gasteiger partial charge < -0.3 is 5.32 Å². The first-order valence-corrected chi connectivity index (χ1v) is 4.35. The highest BCUT2D eigenvalue weighted by Gasteiger charge is 2.36. The average molecular weight is 131 g/mol. The van der Waals surface area contributed by atoms with Gasteiger partial charge in [0.1, 0.15) is 0 Å². The second-order valence-electron chi connectivity index (χ2n) is 2.51. The van der Waals surface area contributed by atoms with Crippen LogP contribution in [0.3, 0.4) is 0 Å². The summed E-state index contributed by atoms with van der Waals surface area (Å²) in [6, 6.07) is 0.598. The summed E-state index contributed by atoms with van der Waals surface area (Å²) < 4.78 is 10.9. The monoisotopic (exact) mass is 131 g/mol. The van der Waals surface area contributed by atoms with E-state index in [1.807, 2.05) is 0 Å². The molecule has 2 bridgehead atoms. The first-order chi connectivity index (χ1) is 3.86. The van der Waals surface area contributed by atoms with Crippen LogP contribution in [0.5, 0.6) is 0 Å². The van der Waals surface area contributed by atoms with E-state index in [0.29, 0.717) is 11.3 Å². The molecule has 2 nitrogen and oxygen atoms in total. The number of rotatable bonds is 0. The summed E-state index contributed by atoms with van der Waals surface area (Å²) in [6.07, 6.45) is 1.16. The molecule has 0 spiro atoms. The van der Waals surface area contributed by atoms with Gasteiger partial charge in [-0.2, -0.15) is 0 Å². The summed E-state index contributed by atoms with van der Waals surface area (Å²) in [4.78, 5) is 0. The van der Waals surface area contributed by atoms with E-state index in [1.165, 1.54) is 0 Å². The predicted molar refractivity (Wildman–Crippen MR) is 33.2 cm³/mol. The Bertz CT molecular complexity index is 136. The van der Waals surface area contributed by atoms with E-state index in [2.05, 4.69) is 5.32 Å². The molecule has 2 fully saturated rings. The Morgan fingerprint density at radius 2 is 2.50 bits per heavy atom. The Morgan fingerprint density at radius 3 is 2.75 bits per heavy atom. The normalized spacial score (nSPS) is 52.8. The molecule has 0 amide bonds. The highest BCUT2D eigenvalue weighted by molar-refractivity contribution is 7.86. The molecule has 0 saturated carbocycles. The van der Waals surface area contributed by atoms with Crippen molar-refractivity contribution in [3.05, 3.63) is 0 Å². The lowest BCUT2D eigenvalue weighted by molar-refractivity contribution is 0.648. The number of hydrogen-bond acceptors (Lipinski definition) is 2. The zero-order valence-electron chi connectivity index (χ0n) is 4.59. The van der Waals surface area contributed by atoms with Crippen molar-refractivity contribution in [2.24, 2.45) is 0 Å². The van der Waals surface area contributed by atoms with Gasteiger partial charge in [0.2, 0.25) is 0 Å². The van der Waals surface area contributed by atoms with Crippen molar-refractivity contribution >= 4 is 10.8 Å². The SMILES string of the molecule is O=[S@]1C[C@H]2C[C@H]1CN2. The summed E-state index contributed by atoms with van der Waals surface area (Å²) in [6.45, 7) is 0.997. The van der Waals surface area contributed by atoms with Crippen molar-refractivity contribution in [2.45, 2.75) is 17.7 Å². The van der Waals surface area contributed by atoms with Crippen LogP contribution in [-0.4, -0.2) is 27.8 Å². The van der Waals surface area contributed by atoms with Crippen LogP contribution < -0.4 is 5.32 Å². The molecule has 8 heavy (non-hydrogen) atoms. The first kappa shape index (κ1) is 4.94. The highest BCUT2D eigenvalue weighted by Crippen LogP contribution is 2.21. The van der Waals surface area contributed by atoms with E-state index in [1.54, 1.807) is 0 Å². The Morgan fingerprint density at radius 1 is 1.62 bits per heavy atom. The van der Waals surface area contributed by atoms with E-state index in [0.717, 1.165) is 18.7 Å². The molecule has 2 rings (SSSR count). The molecule has 0 aromatic heterocycles. The van der Waals surface area contributed by atoms with E-state index in [9.17, 15) is 4.21 Å². The fraction of sp³-hybridized carbons (Fsp3) is 1.00. The third-order valence-electron chi connectivity index (χ3n) is 1.92. The Balaban J connectivity index is 2.22. The zero-order valence-corrected chi connectivity index (χ0v) is 5.41. The molecule has 1 N–H and O–H groups in total. The van der Waals surface area contributed by atoms with Gasteiger partial charge in [0, 0.05) is 34.4 Å². The lowest BCUT2D eigenvalue weighted by atomic mass is 10.3. The third kappa shape index (κ3) is 0.545. The van der Waals surface area contributed by atoms with Crippen molar-refractivity contribution in [2.75, 3.05) is 12.3 Å².